The van der Waals surface area contributed by atoms with Crippen molar-refractivity contribution in [3.05, 3.63) is 41.0 Å². The standard InChI is InChI=1S/C25H32N4O4S/c1-31-14-9-21-27-22(33-28-21)16-18-8-15-32-25(17-18)10-12-29(13-11-25)24(30)7-6-23-26-19-4-2-3-5-20(19)34-23/h2-5,18H,6-17H2,1H3. The molecule has 4 heterocycles. The highest BCUT2D eigenvalue weighted by Crippen LogP contribution is 2.39. The summed E-state index contributed by atoms with van der Waals surface area (Å²) < 4.78 is 18.0. The van der Waals surface area contributed by atoms with E-state index >= 15 is 0 Å². The van der Waals surface area contributed by atoms with Crippen molar-refractivity contribution in [2.45, 2.75) is 57.0 Å². The van der Waals surface area contributed by atoms with E-state index in [9.17, 15) is 4.79 Å². The average Bonchev–Trinajstić information content (AvgIpc) is 3.48. The number of amides is 1. The minimum Gasteiger partial charge on any atom is -0.384 e. The smallest absolute Gasteiger partial charge is 0.226 e. The Morgan fingerprint density at radius 2 is 2.09 bits per heavy atom. The van der Waals surface area contributed by atoms with Crippen LogP contribution in [-0.4, -0.2) is 64.9 Å². The van der Waals surface area contributed by atoms with Crippen LogP contribution in [0.1, 0.15) is 48.8 Å². The van der Waals surface area contributed by atoms with Gasteiger partial charge in [-0.15, -0.1) is 11.3 Å². The van der Waals surface area contributed by atoms with Crippen LogP contribution < -0.4 is 0 Å². The van der Waals surface area contributed by atoms with Gasteiger partial charge in [-0.05, 0) is 43.7 Å². The van der Waals surface area contributed by atoms with Gasteiger partial charge in [-0.25, -0.2) is 4.98 Å². The second kappa shape index (κ2) is 10.5. The topological polar surface area (TPSA) is 90.6 Å². The Labute approximate surface area is 203 Å². The lowest BCUT2D eigenvalue weighted by Crippen LogP contribution is -2.51. The van der Waals surface area contributed by atoms with Crippen molar-refractivity contribution >= 4 is 27.5 Å². The number of piperidine rings is 1. The third kappa shape index (κ3) is 5.47. The van der Waals surface area contributed by atoms with Gasteiger partial charge in [-0.1, -0.05) is 17.3 Å². The lowest BCUT2D eigenvalue weighted by atomic mass is 9.78. The lowest BCUT2D eigenvalue weighted by Gasteiger charge is -2.46. The molecular formula is C25H32N4O4S. The minimum atomic E-state index is -0.133. The number of nitrogens with zero attached hydrogens (tertiary/aromatic N) is 4. The molecule has 2 aliphatic heterocycles. The number of hydrogen-bond donors (Lipinski definition) is 0. The first-order valence-electron chi connectivity index (χ1n) is 12.2. The molecule has 2 saturated heterocycles. The third-order valence-electron chi connectivity index (χ3n) is 7.02. The Balaban J connectivity index is 1.10. The number of ether oxygens (including phenoxy) is 2. The Morgan fingerprint density at radius 1 is 1.24 bits per heavy atom. The van der Waals surface area contributed by atoms with Gasteiger partial charge in [0.1, 0.15) is 0 Å². The summed E-state index contributed by atoms with van der Waals surface area (Å²) in [5, 5.41) is 5.09. The zero-order chi connectivity index (χ0) is 23.4. The highest BCUT2D eigenvalue weighted by Gasteiger charge is 2.41. The Morgan fingerprint density at radius 3 is 2.91 bits per heavy atom. The molecule has 2 aromatic heterocycles. The maximum Gasteiger partial charge on any atom is 0.226 e. The first-order valence-corrected chi connectivity index (χ1v) is 13.0. The molecule has 1 spiro atoms. The van der Waals surface area contributed by atoms with Gasteiger partial charge in [0.2, 0.25) is 11.8 Å². The monoisotopic (exact) mass is 484 g/mol. The van der Waals surface area contributed by atoms with Crippen molar-refractivity contribution in [2.75, 3.05) is 33.4 Å². The third-order valence-corrected chi connectivity index (χ3v) is 8.11. The molecule has 1 aromatic carbocycles. The van der Waals surface area contributed by atoms with Crippen LogP contribution in [0.5, 0.6) is 0 Å². The highest BCUT2D eigenvalue weighted by atomic mass is 32.1. The predicted octanol–water partition coefficient (Wildman–Crippen LogP) is 3.83. The molecule has 2 fully saturated rings. The van der Waals surface area contributed by atoms with E-state index in [0.29, 0.717) is 43.5 Å². The van der Waals surface area contributed by atoms with Crippen molar-refractivity contribution < 1.29 is 18.8 Å². The van der Waals surface area contributed by atoms with Crippen LogP contribution in [0.2, 0.25) is 0 Å². The molecule has 8 nitrogen and oxygen atoms in total. The number of aromatic nitrogens is 3. The summed E-state index contributed by atoms with van der Waals surface area (Å²) in [5.74, 6) is 2.09. The molecule has 2 aliphatic rings. The number of carbonyl (C=O) groups excluding carboxylic acids is 1. The van der Waals surface area contributed by atoms with E-state index in [2.05, 4.69) is 21.2 Å². The Kier molecular flexibility index (Phi) is 7.22. The van der Waals surface area contributed by atoms with Crippen molar-refractivity contribution in [1.29, 1.82) is 0 Å². The first-order chi connectivity index (χ1) is 16.6. The lowest BCUT2D eigenvalue weighted by molar-refractivity contribution is -0.147. The van der Waals surface area contributed by atoms with Crippen LogP contribution in [0.3, 0.4) is 0 Å². The molecule has 1 atom stereocenters. The fourth-order valence-electron chi connectivity index (χ4n) is 5.13. The number of rotatable bonds is 8. The number of benzene rings is 1. The number of hydrogen-bond acceptors (Lipinski definition) is 8. The largest absolute Gasteiger partial charge is 0.384 e. The number of thiazole rings is 1. The molecular weight excluding hydrogens is 452 g/mol. The Bertz CT molecular complexity index is 1070. The Hall–Kier alpha value is -2.36. The van der Waals surface area contributed by atoms with Gasteiger partial charge < -0.3 is 18.9 Å². The van der Waals surface area contributed by atoms with E-state index in [1.165, 1.54) is 4.70 Å². The van der Waals surface area contributed by atoms with E-state index in [4.69, 9.17) is 14.0 Å². The molecule has 0 N–H and O–H groups in total. The van der Waals surface area contributed by atoms with Crippen LogP contribution in [-0.2, 0) is 33.5 Å². The number of methoxy groups -OCH3 is 1. The average molecular weight is 485 g/mol. The second-order valence-corrected chi connectivity index (χ2v) is 10.5. The molecule has 34 heavy (non-hydrogen) atoms. The fraction of sp³-hybridized carbons (Fsp3) is 0.600. The van der Waals surface area contributed by atoms with E-state index in [-0.39, 0.29) is 11.5 Å². The summed E-state index contributed by atoms with van der Waals surface area (Å²) >= 11 is 1.68. The molecule has 182 valence electrons. The van der Waals surface area contributed by atoms with Crippen LogP contribution >= 0.6 is 11.3 Å². The van der Waals surface area contributed by atoms with Crippen LogP contribution in [0.15, 0.2) is 28.8 Å². The van der Waals surface area contributed by atoms with Crippen molar-refractivity contribution in [3.8, 4) is 0 Å². The first kappa shape index (κ1) is 23.4. The number of para-hydroxylation sites is 1. The van der Waals surface area contributed by atoms with Crippen LogP contribution in [0.25, 0.3) is 10.2 Å². The second-order valence-electron chi connectivity index (χ2n) is 9.40. The van der Waals surface area contributed by atoms with Crippen LogP contribution in [0.4, 0.5) is 0 Å². The van der Waals surface area contributed by atoms with E-state index in [0.717, 1.165) is 62.3 Å². The van der Waals surface area contributed by atoms with Gasteiger partial charge in [0.25, 0.3) is 0 Å². The predicted molar refractivity (Wildman–Crippen MR) is 129 cm³/mol. The summed E-state index contributed by atoms with van der Waals surface area (Å²) in [6.07, 6.45) is 6.43. The molecule has 1 amide bonds. The van der Waals surface area contributed by atoms with Crippen molar-refractivity contribution in [1.82, 2.24) is 20.0 Å². The van der Waals surface area contributed by atoms with Crippen LogP contribution in [0, 0.1) is 5.92 Å². The highest BCUT2D eigenvalue weighted by molar-refractivity contribution is 7.18. The van der Waals surface area contributed by atoms with Gasteiger partial charge in [-0.3, -0.25) is 4.79 Å². The number of fused-ring (bicyclic) bond motifs is 1. The summed E-state index contributed by atoms with van der Waals surface area (Å²) in [6, 6.07) is 8.13. The van der Waals surface area contributed by atoms with Crippen molar-refractivity contribution in [2.24, 2.45) is 5.92 Å². The van der Waals surface area contributed by atoms with Gasteiger partial charge in [0.15, 0.2) is 5.82 Å². The fourth-order valence-corrected chi connectivity index (χ4v) is 6.10. The zero-order valence-electron chi connectivity index (χ0n) is 19.7. The summed E-state index contributed by atoms with van der Waals surface area (Å²) in [6.45, 7) is 2.86. The number of likely N-dealkylation sites (tertiary alicyclic amines) is 1. The van der Waals surface area contributed by atoms with E-state index < -0.39 is 0 Å². The molecule has 3 aromatic rings. The molecule has 0 radical (unpaired) electrons. The maximum absolute atomic E-state index is 12.9. The quantitative estimate of drug-likeness (QED) is 0.480. The number of aryl methyl sites for hydroxylation is 1. The minimum absolute atomic E-state index is 0.133. The summed E-state index contributed by atoms with van der Waals surface area (Å²) in [4.78, 5) is 24.0. The molecule has 5 rings (SSSR count). The molecule has 1 unspecified atom stereocenters. The maximum atomic E-state index is 12.9. The SMILES string of the molecule is COCCc1noc(CC2CCOC3(CCN(C(=O)CCc4nc5ccccc5s4)CC3)C2)n1. The van der Waals surface area contributed by atoms with E-state index in [1.807, 2.05) is 23.1 Å². The molecule has 0 aliphatic carbocycles. The molecule has 9 heteroatoms. The normalized spacial score (nSPS) is 20.3. The van der Waals surface area contributed by atoms with Gasteiger partial charge in [0, 0.05) is 52.5 Å². The number of carbonyl (C=O) groups is 1. The van der Waals surface area contributed by atoms with E-state index in [1.54, 1.807) is 18.4 Å². The van der Waals surface area contributed by atoms with Gasteiger partial charge in [0.05, 0.1) is 27.4 Å². The summed E-state index contributed by atoms with van der Waals surface area (Å²) in [5.41, 5.74) is 0.886. The molecule has 0 bridgehead atoms. The molecule has 0 saturated carbocycles. The van der Waals surface area contributed by atoms with Gasteiger partial charge in [-0.2, -0.15) is 4.98 Å². The van der Waals surface area contributed by atoms with Crippen molar-refractivity contribution in [3.63, 3.8) is 0 Å². The van der Waals surface area contributed by atoms with Gasteiger partial charge >= 0.3 is 0 Å². The zero-order valence-corrected chi connectivity index (χ0v) is 20.5. The summed E-state index contributed by atoms with van der Waals surface area (Å²) in [7, 11) is 1.67.